The molecule has 8 nitrogen and oxygen atoms in total. The van der Waals surface area contributed by atoms with Gasteiger partial charge in [-0.3, -0.25) is 4.79 Å². The summed E-state index contributed by atoms with van der Waals surface area (Å²) < 4.78 is 2.07. The number of nitrogens with two attached hydrogens (primary N) is 1. The molecule has 1 aliphatic heterocycles. The molecule has 132 valence electrons. The maximum Gasteiger partial charge on any atom is 0.322 e. The van der Waals surface area contributed by atoms with Crippen molar-refractivity contribution in [3.8, 4) is 0 Å². The van der Waals surface area contributed by atoms with E-state index in [2.05, 4.69) is 26.8 Å². The van der Waals surface area contributed by atoms with Gasteiger partial charge in [0.1, 0.15) is 11.5 Å². The third kappa shape index (κ3) is 3.62. The number of rotatable bonds is 4. The molecule has 1 saturated heterocycles. The van der Waals surface area contributed by atoms with Crippen LogP contribution in [0.15, 0.2) is 30.7 Å². The predicted molar refractivity (Wildman–Crippen MR) is 93.0 cm³/mol. The lowest BCUT2D eigenvalue weighted by molar-refractivity contribution is 0.0995. The molecular weight excluding hydrogens is 320 g/mol. The average molecular weight is 342 g/mol. The first kappa shape index (κ1) is 16.9. The fourth-order valence-corrected chi connectivity index (χ4v) is 3.14. The quantitative estimate of drug-likeness (QED) is 0.888. The highest BCUT2D eigenvalue weighted by molar-refractivity contribution is 5.92. The number of anilines is 1. The molecule has 3 rings (SSSR count). The monoisotopic (exact) mass is 342 g/mol. The van der Waals surface area contributed by atoms with Crippen molar-refractivity contribution in [2.75, 3.05) is 11.9 Å². The summed E-state index contributed by atoms with van der Waals surface area (Å²) in [6.45, 7) is 3.56. The van der Waals surface area contributed by atoms with Crippen LogP contribution in [0.4, 0.5) is 10.5 Å². The zero-order valence-electron chi connectivity index (χ0n) is 14.2. The smallest absolute Gasteiger partial charge is 0.322 e. The maximum atomic E-state index is 12.7. The number of nitrogens with zero attached hydrogens (tertiary/aromatic N) is 4. The summed E-state index contributed by atoms with van der Waals surface area (Å²) in [6, 6.07) is 2.89. The number of carbonyl (C=O) groups is 2. The van der Waals surface area contributed by atoms with Gasteiger partial charge in [-0.1, -0.05) is 0 Å². The Bertz CT molecular complexity index is 755. The Labute approximate surface area is 146 Å². The highest BCUT2D eigenvalue weighted by atomic mass is 16.2. The third-order valence-corrected chi connectivity index (χ3v) is 4.42. The molecule has 1 aliphatic rings. The second-order valence-electron chi connectivity index (χ2n) is 6.00. The fraction of sp³-hybridized carbons (Fsp3) is 0.412. The van der Waals surface area contributed by atoms with Gasteiger partial charge in [0, 0.05) is 25.5 Å². The van der Waals surface area contributed by atoms with Crippen molar-refractivity contribution >= 4 is 17.6 Å². The van der Waals surface area contributed by atoms with Crippen LogP contribution in [0.5, 0.6) is 0 Å². The van der Waals surface area contributed by atoms with Gasteiger partial charge in [0.05, 0.1) is 17.9 Å². The minimum atomic E-state index is -0.597. The molecule has 0 unspecified atom stereocenters. The van der Waals surface area contributed by atoms with Crippen LogP contribution in [-0.4, -0.2) is 37.9 Å². The van der Waals surface area contributed by atoms with Crippen LogP contribution in [0.25, 0.3) is 0 Å². The summed E-state index contributed by atoms with van der Waals surface area (Å²) in [7, 11) is 0. The molecule has 2 aromatic heterocycles. The molecule has 3 heterocycles. The van der Waals surface area contributed by atoms with Crippen molar-refractivity contribution in [2.45, 2.75) is 38.8 Å². The lowest BCUT2D eigenvalue weighted by Crippen LogP contribution is -2.42. The number of imidazole rings is 1. The minimum Gasteiger partial charge on any atom is -0.364 e. The summed E-state index contributed by atoms with van der Waals surface area (Å²) in [5, 5.41) is 2.84. The van der Waals surface area contributed by atoms with Crippen molar-refractivity contribution in [2.24, 2.45) is 5.73 Å². The van der Waals surface area contributed by atoms with Gasteiger partial charge >= 0.3 is 6.03 Å². The SMILES string of the molecule is CCn1ccnc1[C@@H]1CCCCN1C(=O)Nc1ccc(C(N)=O)nc1. The average Bonchev–Trinajstić information content (AvgIpc) is 3.10. The van der Waals surface area contributed by atoms with Gasteiger partial charge in [-0.05, 0) is 38.3 Å². The number of pyridine rings is 1. The minimum absolute atomic E-state index is 0.0402. The predicted octanol–water partition coefficient (Wildman–Crippen LogP) is 2.16. The number of likely N-dealkylation sites (tertiary alicyclic amines) is 1. The summed E-state index contributed by atoms with van der Waals surface area (Å²) in [4.78, 5) is 34.0. The first-order valence-electron chi connectivity index (χ1n) is 8.44. The highest BCUT2D eigenvalue weighted by Crippen LogP contribution is 2.30. The molecule has 0 spiro atoms. The van der Waals surface area contributed by atoms with Crippen molar-refractivity contribution in [3.63, 3.8) is 0 Å². The van der Waals surface area contributed by atoms with Gasteiger partial charge < -0.3 is 20.5 Å². The van der Waals surface area contributed by atoms with Gasteiger partial charge in [0.2, 0.25) is 0 Å². The molecule has 3 N–H and O–H groups in total. The van der Waals surface area contributed by atoms with Crippen molar-refractivity contribution in [1.29, 1.82) is 0 Å². The molecule has 1 fully saturated rings. The highest BCUT2D eigenvalue weighted by Gasteiger charge is 2.30. The second-order valence-corrected chi connectivity index (χ2v) is 6.00. The number of hydrogen-bond donors (Lipinski definition) is 2. The molecule has 0 saturated carbocycles. The number of amides is 3. The first-order chi connectivity index (χ1) is 12.1. The van der Waals surface area contributed by atoms with Crippen LogP contribution in [0.2, 0.25) is 0 Å². The summed E-state index contributed by atoms with van der Waals surface area (Å²) in [5.41, 5.74) is 5.87. The van der Waals surface area contributed by atoms with E-state index in [0.29, 0.717) is 12.2 Å². The number of urea groups is 1. The summed E-state index contributed by atoms with van der Waals surface area (Å²) in [5.74, 6) is 0.319. The van der Waals surface area contributed by atoms with E-state index in [9.17, 15) is 9.59 Å². The molecule has 8 heteroatoms. The molecular formula is C17H22N6O2. The molecule has 3 amide bonds. The van der Waals surface area contributed by atoms with E-state index in [4.69, 9.17) is 5.73 Å². The first-order valence-corrected chi connectivity index (χ1v) is 8.44. The van der Waals surface area contributed by atoms with Gasteiger partial charge in [0.15, 0.2) is 0 Å². The van der Waals surface area contributed by atoms with E-state index in [1.165, 1.54) is 12.3 Å². The summed E-state index contributed by atoms with van der Waals surface area (Å²) in [6.07, 6.45) is 8.07. The largest absolute Gasteiger partial charge is 0.364 e. The van der Waals surface area contributed by atoms with Gasteiger partial charge in [-0.2, -0.15) is 0 Å². The Balaban J connectivity index is 1.75. The van der Waals surface area contributed by atoms with Crippen LogP contribution in [0.1, 0.15) is 48.5 Å². The number of nitrogens with one attached hydrogen (secondary N) is 1. The number of piperidine rings is 1. The van der Waals surface area contributed by atoms with Crippen molar-refractivity contribution < 1.29 is 9.59 Å². The zero-order valence-corrected chi connectivity index (χ0v) is 14.2. The molecule has 2 aromatic rings. The standard InChI is InChI=1S/C17H22N6O2/c1-2-22-10-8-19-16(22)14-5-3-4-9-23(14)17(25)21-12-6-7-13(15(18)24)20-11-12/h6-8,10-11,14H,2-5,9H2,1H3,(H2,18,24)(H,21,25)/t14-/m0/s1. The molecule has 25 heavy (non-hydrogen) atoms. The lowest BCUT2D eigenvalue weighted by Gasteiger charge is -2.35. The van der Waals surface area contributed by atoms with E-state index in [0.717, 1.165) is 31.6 Å². The zero-order chi connectivity index (χ0) is 17.8. The number of hydrogen-bond acceptors (Lipinski definition) is 4. The Morgan fingerprint density at radius 1 is 1.32 bits per heavy atom. The van der Waals surface area contributed by atoms with Gasteiger partial charge in [0.25, 0.3) is 5.91 Å². The lowest BCUT2D eigenvalue weighted by atomic mass is 10.0. The maximum absolute atomic E-state index is 12.7. The topological polar surface area (TPSA) is 106 Å². The number of carbonyl (C=O) groups excluding carboxylic acids is 2. The normalized spacial score (nSPS) is 17.3. The van der Waals surface area contributed by atoms with Gasteiger partial charge in [-0.15, -0.1) is 0 Å². The number of aryl methyl sites for hydroxylation is 1. The van der Waals surface area contributed by atoms with Crippen LogP contribution in [0.3, 0.4) is 0 Å². The van der Waals surface area contributed by atoms with Crippen molar-refractivity contribution in [3.05, 3.63) is 42.2 Å². The Morgan fingerprint density at radius 2 is 2.16 bits per heavy atom. The van der Waals surface area contributed by atoms with Crippen LogP contribution in [0, 0.1) is 0 Å². The molecule has 1 atom stereocenters. The number of primary amides is 1. The Hall–Kier alpha value is -2.90. The Morgan fingerprint density at radius 3 is 2.84 bits per heavy atom. The second kappa shape index (κ2) is 7.33. The molecule has 0 aliphatic carbocycles. The summed E-state index contributed by atoms with van der Waals surface area (Å²) >= 11 is 0. The van der Waals surface area contributed by atoms with Crippen LogP contribution < -0.4 is 11.1 Å². The molecule has 0 aromatic carbocycles. The molecule has 0 bridgehead atoms. The Kier molecular flexibility index (Phi) is 4.97. The van der Waals surface area contributed by atoms with E-state index in [1.807, 2.05) is 11.1 Å². The van der Waals surface area contributed by atoms with E-state index < -0.39 is 5.91 Å². The molecule has 0 radical (unpaired) electrons. The van der Waals surface area contributed by atoms with E-state index in [-0.39, 0.29) is 17.8 Å². The number of aromatic nitrogens is 3. The van der Waals surface area contributed by atoms with Crippen LogP contribution in [-0.2, 0) is 6.54 Å². The fourth-order valence-electron chi connectivity index (χ4n) is 3.14. The van der Waals surface area contributed by atoms with Gasteiger partial charge in [-0.25, -0.2) is 14.8 Å². The van der Waals surface area contributed by atoms with Crippen LogP contribution >= 0.6 is 0 Å². The van der Waals surface area contributed by atoms with Crippen molar-refractivity contribution in [1.82, 2.24) is 19.4 Å². The third-order valence-electron chi connectivity index (χ3n) is 4.42. The van der Waals surface area contributed by atoms with E-state index in [1.54, 1.807) is 12.3 Å². The van der Waals surface area contributed by atoms with E-state index >= 15 is 0 Å².